The largest absolute Gasteiger partial charge is 0.412 e. The second kappa shape index (κ2) is 7.17. The van der Waals surface area contributed by atoms with Crippen molar-refractivity contribution in [2.45, 2.75) is 44.2 Å². The molecule has 146 valence electrons. The number of hydrogen-bond acceptors (Lipinski definition) is 3. The summed E-state index contributed by atoms with van der Waals surface area (Å²) in [5.41, 5.74) is -3.24. The maximum Gasteiger partial charge on any atom is 0.412 e. The molecule has 0 amide bonds. The van der Waals surface area contributed by atoms with E-state index in [1.165, 1.54) is 13.0 Å². The van der Waals surface area contributed by atoms with E-state index in [1.54, 1.807) is 6.92 Å². The molecule has 0 saturated carbocycles. The Bertz CT molecular complexity index is 805. The van der Waals surface area contributed by atoms with Crippen molar-refractivity contribution in [1.82, 2.24) is 0 Å². The van der Waals surface area contributed by atoms with Crippen LogP contribution in [0.3, 0.4) is 0 Å². The highest BCUT2D eigenvalue weighted by Gasteiger charge is 2.50. The molecule has 1 aliphatic heterocycles. The molecule has 0 aromatic heterocycles. The molecule has 27 heavy (non-hydrogen) atoms. The number of rotatable bonds is 3. The van der Waals surface area contributed by atoms with Crippen LogP contribution in [0.4, 0.5) is 37.7 Å². The van der Waals surface area contributed by atoms with Crippen LogP contribution in [0, 0.1) is 6.57 Å². The number of halogens is 6. The minimum Gasteiger partial charge on any atom is -0.342 e. The molecule has 11 heteroatoms. The van der Waals surface area contributed by atoms with E-state index in [0.717, 1.165) is 12.1 Å². The lowest BCUT2D eigenvalue weighted by atomic mass is 9.93. The average molecular weight is 391 g/mol. The molecule has 2 atom stereocenters. The molecule has 0 saturated heterocycles. The summed E-state index contributed by atoms with van der Waals surface area (Å²) in [5, 5.41) is 9.55. The molecule has 2 rings (SSSR count). The van der Waals surface area contributed by atoms with E-state index in [9.17, 15) is 26.3 Å². The number of aliphatic imine (C=N–C) groups is 1. The Morgan fingerprint density at radius 3 is 2.48 bits per heavy atom. The summed E-state index contributed by atoms with van der Waals surface area (Å²) in [6, 6.07) is 0.931. The summed E-state index contributed by atoms with van der Waals surface area (Å²) in [7, 11) is 0. The van der Waals surface area contributed by atoms with E-state index >= 15 is 0 Å². The maximum absolute atomic E-state index is 13.1. The van der Waals surface area contributed by atoms with Crippen LogP contribution in [0.15, 0.2) is 33.4 Å². The maximum atomic E-state index is 13.1. The number of nitrogens with one attached hydrogen (secondary N) is 1. The van der Waals surface area contributed by atoms with E-state index in [-0.39, 0.29) is 18.1 Å². The van der Waals surface area contributed by atoms with Crippen LogP contribution in [0.1, 0.15) is 25.8 Å². The van der Waals surface area contributed by atoms with Gasteiger partial charge in [0.05, 0.1) is 12.1 Å². The Morgan fingerprint density at radius 2 is 2.00 bits per heavy atom. The number of nitrogens with zero attached hydrogens (tertiary/aromatic N) is 4. The van der Waals surface area contributed by atoms with E-state index in [0.29, 0.717) is 0 Å². The minimum absolute atomic E-state index is 0.0239. The van der Waals surface area contributed by atoms with Gasteiger partial charge in [-0.25, -0.2) is 4.85 Å². The molecule has 0 fully saturated rings. The van der Waals surface area contributed by atoms with Crippen molar-refractivity contribution >= 4 is 17.2 Å². The van der Waals surface area contributed by atoms with Crippen molar-refractivity contribution in [3.8, 4) is 0 Å². The lowest BCUT2D eigenvalue weighted by Crippen LogP contribution is -2.40. The van der Waals surface area contributed by atoms with Gasteiger partial charge >= 0.3 is 12.4 Å². The molecule has 1 aliphatic rings. The van der Waals surface area contributed by atoms with Crippen molar-refractivity contribution in [3.05, 3.63) is 35.2 Å². The molecule has 1 heterocycles. The summed E-state index contributed by atoms with van der Waals surface area (Å²) in [5.74, 6) is -0.0239. The average Bonchev–Trinajstić information content (AvgIpc) is 2.97. The fourth-order valence-corrected chi connectivity index (χ4v) is 2.56. The summed E-state index contributed by atoms with van der Waals surface area (Å²) < 4.78 is 77.9. The van der Waals surface area contributed by atoms with Crippen LogP contribution >= 0.6 is 0 Å². The van der Waals surface area contributed by atoms with Crippen molar-refractivity contribution in [2.75, 3.05) is 11.9 Å². The van der Waals surface area contributed by atoms with Crippen LogP contribution in [0.25, 0.3) is 4.85 Å². The number of benzene rings is 1. The van der Waals surface area contributed by atoms with Gasteiger partial charge in [0.15, 0.2) is 11.7 Å². The molecule has 1 aromatic carbocycles. The number of azo groups is 1. The Morgan fingerprint density at radius 1 is 1.33 bits per heavy atom. The van der Waals surface area contributed by atoms with E-state index in [4.69, 9.17) is 6.57 Å². The first kappa shape index (κ1) is 20.7. The van der Waals surface area contributed by atoms with Gasteiger partial charge in [0.2, 0.25) is 0 Å². The van der Waals surface area contributed by atoms with Crippen molar-refractivity contribution in [1.29, 1.82) is 0 Å². The first-order valence-electron chi connectivity index (χ1n) is 7.80. The zero-order valence-corrected chi connectivity index (χ0v) is 14.3. The van der Waals surface area contributed by atoms with Crippen LogP contribution in [0.5, 0.6) is 0 Å². The van der Waals surface area contributed by atoms with Crippen LogP contribution in [0.2, 0.25) is 0 Å². The Balaban J connectivity index is 2.35. The highest BCUT2D eigenvalue weighted by molar-refractivity contribution is 6.02. The van der Waals surface area contributed by atoms with Crippen molar-refractivity contribution in [3.63, 3.8) is 0 Å². The van der Waals surface area contributed by atoms with Gasteiger partial charge in [-0.15, -0.1) is 0 Å². The van der Waals surface area contributed by atoms with Gasteiger partial charge in [0.25, 0.3) is 0 Å². The predicted octanol–water partition coefficient (Wildman–Crippen LogP) is 5.63. The third kappa shape index (κ3) is 4.56. The van der Waals surface area contributed by atoms with Gasteiger partial charge in [-0.1, -0.05) is 6.07 Å². The molecule has 1 aromatic rings. The lowest BCUT2D eigenvalue weighted by Gasteiger charge is -2.24. The summed E-state index contributed by atoms with van der Waals surface area (Å²) in [4.78, 5) is 6.90. The Labute approximate surface area is 151 Å². The molecule has 0 bridgehead atoms. The second-order valence-corrected chi connectivity index (χ2v) is 6.04. The number of alkyl halides is 6. The zero-order chi connectivity index (χ0) is 20.5. The number of hydrogen-bond donors (Lipinski definition) is 1. The molecular weight excluding hydrogens is 376 g/mol. The SMILES string of the molecule is [C-]#[N+]c1ccc(NC(=NCC)C2(C)CC(C(F)(F)F)N=N2)cc1C(F)(F)F. The fraction of sp³-hybridized carbons (Fsp3) is 0.500. The smallest absolute Gasteiger partial charge is 0.342 e. The summed E-state index contributed by atoms with van der Waals surface area (Å²) in [6.07, 6.45) is -9.83. The molecule has 2 unspecified atom stereocenters. The normalized spacial score (nSPS) is 23.4. The molecule has 5 nitrogen and oxygen atoms in total. The van der Waals surface area contributed by atoms with Gasteiger partial charge < -0.3 is 5.32 Å². The topological polar surface area (TPSA) is 53.5 Å². The minimum atomic E-state index is -4.75. The highest BCUT2D eigenvalue weighted by atomic mass is 19.4. The molecular formula is C16H15F6N5. The van der Waals surface area contributed by atoms with Gasteiger partial charge in [-0.3, -0.25) is 4.99 Å². The number of amidine groups is 1. The van der Waals surface area contributed by atoms with Gasteiger partial charge in [0.1, 0.15) is 11.4 Å². The van der Waals surface area contributed by atoms with Gasteiger partial charge in [-0.05, 0) is 26.0 Å². The Kier molecular flexibility index (Phi) is 5.49. The zero-order valence-electron chi connectivity index (χ0n) is 14.3. The van der Waals surface area contributed by atoms with Gasteiger partial charge in [0, 0.05) is 18.7 Å². The fourth-order valence-electron chi connectivity index (χ4n) is 2.56. The summed E-state index contributed by atoms with van der Waals surface area (Å²) in [6.45, 7) is 10.0. The second-order valence-electron chi connectivity index (χ2n) is 6.04. The highest BCUT2D eigenvalue weighted by Crippen LogP contribution is 2.40. The monoisotopic (exact) mass is 391 g/mol. The predicted molar refractivity (Wildman–Crippen MR) is 87.0 cm³/mol. The third-order valence-corrected chi connectivity index (χ3v) is 3.90. The van der Waals surface area contributed by atoms with Crippen molar-refractivity contribution in [2.24, 2.45) is 15.2 Å². The number of anilines is 1. The van der Waals surface area contributed by atoms with E-state index < -0.39 is 41.6 Å². The van der Waals surface area contributed by atoms with Crippen LogP contribution in [-0.2, 0) is 6.18 Å². The third-order valence-electron chi connectivity index (χ3n) is 3.90. The molecule has 1 N–H and O–H groups in total. The Hall–Kier alpha value is -2.64. The standard InChI is InChI=1S/C16H15F6N5/c1-4-24-13(14(2)8-12(26-27-14)16(20,21)22)25-9-5-6-11(23-3)10(7-9)15(17,18)19/h5-7,12H,4,8H2,1-2H3,(H,24,25). The van der Waals surface area contributed by atoms with E-state index in [2.05, 4.69) is 25.4 Å². The van der Waals surface area contributed by atoms with E-state index in [1.807, 2.05) is 0 Å². The first-order chi connectivity index (χ1) is 12.4. The molecule has 0 spiro atoms. The van der Waals surface area contributed by atoms with Crippen molar-refractivity contribution < 1.29 is 26.3 Å². The lowest BCUT2D eigenvalue weighted by molar-refractivity contribution is -0.147. The quantitative estimate of drug-likeness (QED) is 0.309. The van der Waals surface area contributed by atoms with Gasteiger partial charge in [-0.2, -0.15) is 36.6 Å². The van der Waals surface area contributed by atoms with Crippen LogP contribution < -0.4 is 5.32 Å². The molecule has 0 radical (unpaired) electrons. The summed E-state index contributed by atoms with van der Waals surface area (Å²) >= 11 is 0. The van der Waals surface area contributed by atoms with Crippen LogP contribution in [-0.4, -0.2) is 30.1 Å². The first-order valence-corrected chi connectivity index (χ1v) is 7.80. The molecule has 0 aliphatic carbocycles.